The van der Waals surface area contributed by atoms with Gasteiger partial charge in [0.05, 0.1) is 5.69 Å². The lowest BCUT2D eigenvalue weighted by atomic mass is 10.3. The zero-order valence-electron chi connectivity index (χ0n) is 9.53. The lowest BCUT2D eigenvalue weighted by molar-refractivity contribution is 0.0798. The summed E-state index contributed by atoms with van der Waals surface area (Å²) in [5.41, 5.74) is 1.51. The van der Waals surface area contributed by atoms with E-state index in [-0.39, 0.29) is 5.91 Å². The van der Waals surface area contributed by atoms with Crippen molar-refractivity contribution in [2.45, 2.75) is 20.4 Å². The number of carbonyl (C=O) groups is 1. The average Bonchev–Trinajstić information content (AvgIpc) is 2.58. The zero-order chi connectivity index (χ0) is 11.4. The monoisotopic (exact) mass is 207 g/mol. The number of hydrogen-bond acceptors (Lipinski definition) is 2. The molecule has 1 heterocycles. The molecule has 0 fully saturated rings. The molecule has 1 amide bonds. The van der Waals surface area contributed by atoms with Crippen LogP contribution in [0.2, 0.25) is 0 Å². The predicted octanol–water partition coefficient (Wildman–Crippen LogP) is 1.47. The van der Waals surface area contributed by atoms with Crippen LogP contribution >= 0.6 is 0 Å². The summed E-state index contributed by atoms with van der Waals surface area (Å²) < 4.78 is 1.72. The fourth-order valence-corrected chi connectivity index (χ4v) is 1.43. The van der Waals surface area contributed by atoms with E-state index < -0.39 is 0 Å². The molecular weight excluding hydrogens is 190 g/mol. The first kappa shape index (κ1) is 11.5. The van der Waals surface area contributed by atoms with Crippen LogP contribution in [0.15, 0.2) is 18.7 Å². The smallest absolute Gasteiger partial charge is 0.272 e. The molecule has 0 aliphatic carbocycles. The summed E-state index contributed by atoms with van der Waals surface area (Å²) in [7, 11) is 1.76. The van der Waals surface area contributed by atoms with Crippen LogP contribution in [0.25, 0.3) is 0 Å². The topological polar surface area (TPSA) is 38.1 Å². The summed E-state index contributed by atoms with van der Waals surface area (Å²) >= 11 is 0. The van der Waals surface area contributed by atoms with E-state index in [9.17, 15) is 4.79 Å². The maximum Gasteiger partial charge on any atom is 0.272 e. The maximum atomic E-state index is 11.9. The molecule has 0 aromatic carbocycles. The molecule has 0 saturated carbocycles. The minimum Gasteiger partial charge on any atom is -0.337 e. The molecule has 1 rings (SSSR count). The zero-order valence-corrected chi connectivity index (χ0v) is 9.53. The highest BCUT2D eigenvalue weighted by molar-refractivity contribution is 5.92. The second-order valence-corrected chi connectivity index (χ2v) is 3.46. The fourth-order valence-electron chi connectivity index (χ4n) is 1.43. The maximum absolute atomic E-state index is 11.9. The molecule has 0 atom stereocenters. The van der Waals surface area contributed by atoms with Gasteiger partial charge in [0.2, 0.25) is 0 Å². The molecule has 0 bridgehead atoms. The molecule has 0 saturated heterocycles. The SMILES string of the molecule is C=CCN(C)C(=O)c1cc(C)nn1CC. The highest BCUT2D eigenvalue weighted by atomic mass is 16.2. The number of aromatic nitrogens is 2. The van der Waals surface area contributed by atoms with Crippen molar-refractivity contribution in [2.75, 3.05) is 13.6 Å². The Morgan fingerprint density at radius 1 is 1.73 bits per heavy atom. The van der Waals surface area contributed by atoms with Crippen LogP contribution in [-0.4, -0.2) is 34.2 Å². The molecule has 15 heavy (non-hydrogen) atoms. The van der Waals surface area contributed by atoms with Gasteiger partial charge in [-0.2, -0.15) is 5.10 Å². The molecule has 4 heteroatoms. The molecule has 82 valence electrons. The van der Waals surface area contributed by atoms with Gasteiger partial charge in [0, 0.05) is 20.1 Å². The van der Waals surface area contributed by atoms with Gasteiger partial charge in [-0.1, -0.05) is 6.08 Å². The van der Waals surface area contributed by atoms with Gasteiger partial charge in [-0.3, -0.25) is 9.48 Å². The van der Waals surface area contributed by atoms with Crippen LogP contribution < -0.4 is 0 Å². The van der Waals surface area contributed by atoms with Crippen LogP contribution in [0.3, 0.4) is 0 Å². The fraction of sp³-hybridized carbons (Fsp3) is 0.455. The Balaban J connectivity index is 2.94. The highest BCUT2D eigenvalue weighted by Crippen LogP contribution is 2.06. The van der Waals surface area contributed by atoms with Gasteiger partial charge in [-0.15, -0.1) is 6.58 Å². The van der Waals surface area contributed by atoms with E-state index in [2.05, 4.69) is 11.7 Å². The van der Waals surface area contributed by atoms with E-state index >= 15 is 0 Å². The van der Waals surface area contributed by atoms with Gasteiger partial charge in [0.1, 0.15) is 5.69 Å². The third-order valence-corrected chi connectivity index (χ3v) is 2.17. The second kappa shape index (κ2) is 4.77. The van der Waals surface area contributed by atoms with Crippen LogP contribution in [0.1, 0.15) is 23.1 Å². The highest BCUT2D eigenvalue weighted by Gasteiger charge is 2.16. The Morgan fingerprint density at radius 2 is 2.40 bits per heavy atom. The Hall–Kier alpha value is -1.58. The van der Waals surface area contributed by atoms with Crippen molar-refractivity contribution in [3.63, 3.8) is 0 Å². The van der Waals surface area contributed by atoms with Crippen molar-refractivity contribution >= 4 is 5.91 Å². The summed E-state index contributed by atoms with van der Waals surface area (Å²) in [5.74, 6) is -0.0163. The number of nitrogens with zero attached hydrogens (tertiary/aromatic N) is 3. The molecule has 0 radical (unpaired) electrons. The number of amides is 1. The van der Waals surface area contributed by atoms with Crippen LogP contribution in [0, 0.1) is 6.92 Å². The summed E-state index contributed by atoms with van der Waals surface area (Å²) in [6.45, 7) is 8.72. The lowest BCUT2D eigenvalue weighted by Gasteiger charge is -2.14. The molecule has 0 unspecified atom stereocenters. The van der Waals surface area contributed by atoms with Crippen molar-refractivity contribution < 1.29 is 4.79 Å². The van der Waals surface area contributed by atoms with Gasteiger partial charge >= 0.3 is 0 Å². The number of aryl methyl sites for hydroxylation is 2. The Labute approximate surface area is 90.2 Å². The summed E-state index contributed by atoms with van der Waals surface area (Å²) in [4.78, 5) is 13.6. The van der Waals surface area contributed by atoms with Crippen molar-refractivity contribution in [1.82, 2.24) is 14.7 Å². The van der Waals surface area contributed by atoms with Crippen molar-refractivity contribution in [2.24, 2.45) is 0 Å². The normalized spacial score (nSPS) is 10.1. The molecular formula is C11H17N3O. The number of hydrogen-bond donors (Lipinski definition) is 0. The number of likely N-dealkylation sites (N-methyl/N-ethyl adjacent to an activating group) is 1. The molecule has 4 nitrogen and oxygen atoms in total. The predicted molar refractivity (Wildman–Crippen MR) is 59.8 cm³/mol. The number of carbonyl (C=O) groups excluding carboxylic acids is 1. The Bertz CT molecular complexity index is 368. The largest absolute Gasteiger partial charge is 0.337 e. The van der Waals surface area contributed by atoms with Crippen molar-refractivity contribution in [3.05, 3.63) is 30.1 Å². The molecule has 1 aromatic heterocycles. The van der Waals surface area contributed by atoms with E-state index in [1.165, 1.54) is 0 Å². The molecule has 0 aliphatic heterocycles. The first-order valence-electron chi connectivity index (χ1n) is 5.01. The molecule has 0 aliphatic rings. The van der Waals surface area contributed by atoms with E-state index in [1.54, 1.807) is 22.7 Å². The summed E-state index contributed by atoms with van der Waals surface area (Å²) in [5, 5.41) is 4.24. The lowest BCUT2D eigenvalue weighted by Crippen LogP contribution is -2.28. The van der Waals surface area contributed by atoms with Crippen molar-refractivity contribution in [1.29, 1.82) is 0 Å². The van der Waals surface area contributed by atoms with E-state index in [1.807, 2.05) is 19.9 Å². The molecule has 0 spiro atoms. The second-order valence-electron chi connectivity index (χ2n) is 3.46. The van der Waals surface area contributed by atoms with Crippen LogP contribution in [0.5, 0.6) is 0 Å². The van der Waals surface area contributed by atoms with Crippen LogP contribution in [0.4, 0.5) is 0 Å². The van der Waals surface area contributed by atoms with Crippen molar-refractivity contribution in [3.8, 4) is 0 Å². The summed E-state index contributed by atoms with van der Waals surface area (Å²) in [6, 6.07) is 1.81. The minimum atomic E-state index is -0.0163. The van der Waals surface area contributed by atoms with Gasteiger partial charge in [-0.05, 0) is 19.9 Å². The Morgan fingerprint density at radius 3 is 2.93 bits per heavy atom. The number of rotatable bonds is 4. The van der Waals surface area contributed by atoms with Crippen LogP contribution in [-0.2, 0) is 6.54 Å². The first-order chi connectivity index (χ1) is 7.10. The average molecular weight is 207 g/mol. The quantitative estimate of drug-likeness (QED) is 0.701. The molecule has 1 aromatic rings. The van der Waals surface area contributed by atoms with Gasteiger partial charge < -0.3 is 4.90 Å². The minimum absolute atomic E-state index is 0.0163. The van der Waals surface area contributed by atoms with E-state index in [4.69, 9.17) is 0 Å². The van der Waals surface area contributed by atoms with E-state index in [0.717, 1.165) is 5.69 Å². The Kier molecular flexibility index (Phi) is 3.66. The standard InChI is InChI=1S/C11H17N3O/c1-5-7-13(4)11(15)10-8-9(3)12-14(10)6-2/h5,8H,1,6-7H2,2-4H3. The first-order valence-corrected chi connectivity index (χ1v) is 5.01. The third kappa shape index (κ3) is 2.46. The van der Waals surface area contributed by atoms with Gasteiger partial charge in [0.25, 0.3) is 5.91 Å². The van der Waals surface area contributed by atoms with E-state index in [0.29, 0.717) is 18.8 Å². The van der Waals surface area contributed by atoms with Gasteiger partial charge in [-0.25, -0.2) is 0 Å². The van der Waals surface area contributed by atoms with Gasteiger partial charge in [0.15, 0.2) is 0 Å². The molecule has 0 N–H and O–H groups in total. The third-order valence-electron chi connectivity index (χ3n) is 2.17. The summed E-state index contributed by atoms with van der Waals surface area (Å²) in [6.07, 6.45) is 1.71.